The van der Waals surface area contributed by atoms with Gasteiger partial charge < -0.3 is 11.1 Å². The van der Waals surface area contributed by atoms with Gasteiger partial charge in [-0.3, -0.25) is 0 Å². The van der Waals surface area contributed by atoms with Gasteiger partial charge in [-0.2, -0.15) is 0 Å². The van der Waals surface area contributed by atoms with Gasteiger partial charge in [0, 0.05) is 17.3 Å². The number of hydrogen-bond acceptors (Lipinski definition) is 2. The van der Waals surface area contributed by atoms with E-state index in [9.17, 15) is 4.39 Å². The Bertz CT molecular complexity index is 461. The second-order valence-corrected chi connectivity index (χ2v) is 5.78. The number of nitrogens with one attached hydrogen (secondary N) is 1. The first-order chi connectivity index (χ1) is 9.10. The molecule has 1 fully saturated rings. The van der Waals surface area contributed by atoms with Crippen LogP contribution in [0.15, 0.2) is 18.2 Å². The van der Waals surface area contributed by atoms with E-state index in [1.807, 2.05) is 6.07 Å². The lowest BCUT2D eigenvalue weighted by molar-refractivity contribution is 0.327. The Morgan fingerprint density at radius 1 is 1.47 bits per heavy atom. The van der Waals surface area contributed by atoms with Crippen LogP contribution in [0.25, 0.3) is 0 Å². The summed E-state index contributed by atoms with van der Waals surface area (Å²) in [5, 5.41) is 3.43. The first-order valence-electron chi connectivity index (χ1n) is 6.96. The lowest BCUT2D eigenvalue weighted by atomic mass is 9.84. The van der Waals surface area contributed by atoms with Crippen LogP contribution in [0.3, 0.4) is 0 Å². The summed E-state index contributed by atoms with van der Waals surface area (Å²) >= 11 is 4.80. The van der Waals surface area contributed by atoms with Gasteiger partial charge in [-0.15, -0.1) is 0 Å². The molecule has 0 aliphatic heterocycles. The second-order valence-electron chi connectivity index (χ2n) is 5.34. The van der Waals surface area contributed by atoms with E-state index in [1.165, 1.54) is 31.7 Å². The third-order valence-corrected chi connectivity index (χ3v) is 4.19. The quantitative estimate of drug-likeness (QED) is 0.823. The lowest BCUT2D eigenvalue weighted by Gasteiger charge is -2.29. The van der Waals surface area contributed by atoms with Crippen molar-refractivity contribution in [1.29, 1.82) is 0 Å². The largest absolute Gasteiger partial charge is 0.389 e. The Labute approximate surface area is 119 Å². The molecule has 0 amide bonds. The minimum atomic E-state index is -0.347. The molecule has 2 nitrogen and oxygen atoms in total. The summed E-state index contributed by atoms with van der Waals surface area (Å²) in [6.45, 7) is 2.24. The molecule has 3 N–H and O–H groups in total. The Balaban J connectivity index is 2.03. The van der Waals surface area contributed by atoms with Gasteiger partial charge >= 0.3 is 0 Å². The van der Waals surface area contributed by atoms with Crippen LogP contribution in [0.1, 0.15) is 44.6 Å². The third kappa shape index (κ3) is 3.66. The van der Waals surface area contributed by atoms with Crippen molar-refractivity contribution < 1.29 is 4.39 Å². The summed E-state index contributed by atoms with van der Waals surface area (Å²) in [5.41, 5.74) is 6.59. The summed E-state index contributed by atoms with van der Waals surface area (Å²) in [6, 6.07) is 5.45. The molecule has 1 aromatic rings. The van der Waals surface area contributed by atoms with Crippen molar-refractivity contribution >= 4 is 22.9 Å². The molecule has 0 bridgehead atoms. The number of rotatable bonds is 4. The molecule has 2 atom stereocenters. The van der Waals surface area contributed by atoms with Crippen LogP contribution in [-0.4, -0.2) is 11.0 Å². The van der Waals surface area contributed by atoms with E-state index in [0.29, 0.717) is 11.6 Å². The van der Waals surface area contributed by atoms with Crippen LogP contribution >= 0.6 is 12.2 Å². The van der Waals surface area contributed by atoms with Gasteiger partial charge in [0.05, 0.1) is 0 Å². The average Bonchev–Trinajstić information content (AvgIpc) is 2.38. The van der Waals surface area contributed by atoms with E-state index >= 15 is 0 Å². The van der Waals surface area contributed by atoms with Gasteiger partial charge in [0.2, 0.25) is 0 Å². The molecule has 1 aliphatic rings. The highest BCUT2D eigenvalue weighted by Crippen LogP contribution is 2.29. The summed E-state index contributed by atoms with van der Waals surface area (Å²) in [5.74, 6) is 0.451. The predicted octanol–water partition coefficient (Wildman–Crippen LogP) is 3.84. The minimum Gasteiger partial charge on any atom is -0.389 e. The van der Waals surface area contributed by atoms with Gasteiger partial charge in [-0.1, -0.05) is 38.4 Å². The molecule has 1 saturated carbocycles. The number of halogens is 1. The third-order valence-electron chi connectivity index (χ3n) is 3.97. The first-order valence-corrected chi connectivity index (χ1v) is 7.37. The zero-order valence-electron chi connectivity index (χ0n) is 11.3. The molecule has 0 radical (unpaired) electrons. The molecule has 0 saturated heterocycles. The SMILES string of the molecule is CCC1CCCC(Nc2ccc(C(N)=S)c(F)c2)C1. The van der Waals surface area contributed by atoms with E-state index in [2.05, 4.69) is 12.2 Å². The van der Waals surface area contributed by atoms with Gasteiger partial charge in [-0.25, -0.2) is 4.39 Å². The minimum absolute atomic E-state index is 0.104. The van der Waals surface area contributed by atoms with Crippen molar-refractivity contribution in [1.82, 2.24) is 0 Å². The van der Waals surface area contributed by atoms with E-state index in [1.54, 1.807) is 6.07 Å². The molecule has 4 heteroatoms. The zero-order chi connectivity index (χ0) is 13.8. The summed E-state index contributed by atoms with van der Waals surface area (Å²) in [4.78, 5) is 0.104. The van der Waals surface area contributed by atoms with Crippen LogP contribution < -0.4 is 11.1 Å². The molecule has 2 rings (SSSR count). The first kappa shape index (κ1) is 14.3. The van der Waals surface area contributed by atoms with Crippen LogP contribution in [0, 0.1) is 11.7 Å². The normalized spacial score (nSPS) is 23.1. The van der Waals surface area contributed by atoms with Crippen LogP contribution in [0.4, 0.5) is 10.1 Å². The zero-order valence-corrected chi connectivity index (χ0v) is 12.1. The van der Waals surface area contributed by atoms with Crippen molar-refractivity contribution in [2.45, 2.75) is 45.1 Å². The molecule has 0 spiro atoms. The molecule has 0 aromatic heterocycles. The summed E-state index contributed by atoms with van der Waals surface area (Å²) in [6.07, 6.45) is 6.14. The highest BCUT2D eigenvalue weighted by atomic mass is 32.1. The lowest BCUT2D eigenvalue weighted by Crippen LogP contribution is -2.27. The maximum Gasteiger partial charge on any atom is 0.135 e. The van der Waals surface area contributed by atoms with Crippen molar-refractivity contribution in [2.75, 3.05) is 5.32 Å². The summed E-state index contributed by atoms with van der Waals surface area (Å²) in [7, 11) is 0. The molecular formula is C15H21FN2S. The van der Waals surface area contributed by atoms with E-state index in [4.69, 9.17) is 18.0 Å². The number of hydrogen-bond donors (Lipinski definition) is 2. The van der Waals surface area contributed by atoms with Crippen LogP contribution in [0.2, 0.25) is 0 Å². The monoisotopic (exact) mass is 280 g/mol. The van der Waals surface area contributed by atoms with Crippen LogP contribution in [-0.2, 0) is 0 Å². The number of benzene rings is 1. The van der Waals surface area contributed by atoms with Gasteiger partial charge in [0.25, 0.3) is 0 Å². The average molecular weight is 280 g/mol. The molecule has 1 aliphatic carbocycles. The van der Waals surface area contributed by atoms with Crippen molar-refractivity contribution in [3.63, 3.8) is 0 Å². The summed E-state index contributed by atoms with van der Waals surface area (Å²) < 4.78 is 13.8. The number of nitrogens with two attached hydrogens (primary N) is 1. The van der Waals surface area contributed by atoms with Crippen molar-refractivity contribution in [2.24, 2.45) is 11.7 Å². The Hall–Kier alpha value is -1.16. The second kappa shape index (κ2) is 6.33. The van der Waals surface area contributed by atoms with E-state index in [-0.39, 0.29) is 10.8 Å². The van der Waals surface area contributed by atoms with Crippen molar-refractivity contribution in [3.05, 3.63) is 29.6 Å². The molecule has 0 heterocycles. The van der Waals surface area contributed by atoms with E-state index < -0.39 is 0 Å². The highest BCUT2D eigenvalue weighted by Gasteiger charge is 2.20. The number of anilines is 1. The fraction of sp³-hybridized carbons (Fsp3) is 0.533. The smallest absolute Gasteiger partial charge is 0.135 e. The maximum absolute atomic E-state index is 13.8. The molecule has 104 valence electrons. The number of thiocarbonyl (C=S) groups is 1. The predicted molar refractivity (Wildman–Crippen MR) is 81.9 cm³/mol. The Morgan fingerprint density at radius 2 is 2.26 bits per heavy atom. The van der Waals surface area contributed by atoms with Gasteiger partial charge in [0.1, 0.15) is 10.8 Å². The van der Waals surface area contributed by atoms with Gasteiger partial charge in [-0.05, 0) is 37.0 Å². The molecule has 19 heavy (non-hydrogen) atoms. The highest BCUT2D eigenvalue weighted by molar-refractivity contribution is 7.80. The van der Waals surface area contributed by atoms with E-state index in [0.717, 1.165) is 18.0 Å². The Morgan fingerprint density at radius 3 is 2.89 bits per heavy atom. The molecular weight excluding hydrogens is 259 g/mol. The van der Waals surface area contributed by atoms with Crippen molar-refractivity contribution in [3.8, 4) is 0 Å². The topological polar surface area (TPSA) is 38.0 Å². The molecule has 1 aromatic carbocycles. The maximum atomic E-state index is 13.8. The van der Waals surface area contributed by atoms with Crippen LogP contribution in [0.5, 0.6) is 0 Å². The standard InChI is InChI=1S/C15H21FN2S/c1-2-10-4-3-5-11(8-10)18-12-6-7-13(15(17)19)14(16)9-12/h6-7,9-11,18H,2-5,8H2,1H3,(H2,17,19). The Kier molecular flexibility index (Phi) is 4.75. The fourth-order valence-corrected chi connectivity index (χ4v) is 3.00. The van der Waals surface area contributed by atoms with Gasteiger partial charge in [0.15, 0.2) is 0 Å². The molecule has 2 unspecified atom stereocenters. The fourth-order valence-electron chi connectivity index (χ4n) is 2.83.